The number of rotatable bonds is 7. The fraction of sp³-hybridized carbons (Fsp3) is 0.222. The molecular formula is C18H18ClN3O4. The summed E-state index contributed by atoms with van der Waals surface area (Å²) in [6.45, 7) is 3.98. The maximum atomic E-state index is 12.0. The zero-order valence-electron chi connectivity index (χ0n) is 14.3. The molecule has 1 amide bonds. The van der Waals surface area contributed by atoms with Crippen molar-refractivity contribution >= 4 is 29.4 Å². The van der Waals surface area contributed by atoms with Gasteiger partial charge in [-0.3, -0.25) is 14.9 Å². The summed E-state index contributed by atoms with van der Waals surface area (Å²) < 4.78 is 5.68. The van der Waals surface area contributed by atoms with Gasteiger partial charge >= 0.3 is 0 Å². The lowest BCUT2D eigenvalue weighted by Gasteiger charge is -2.13. The summed E-state index contributed by atoms with van der Waals surface area (Å²) in [4.78, 5) is 22.0. The van der Waals surface area contributed by atoms with E-state index in [9.17, 15) is 14.9 Å². The standard InChI is InChI=1S/C18H18ClN3O4/c1-3-12(2)26-17-9-4-13(10-16(17)19)11-20-21-18(23)14-5-7-15(8-6-14)22(24)25/h4-12H,3H2,1-2H3,(H,21,23)/b20-11-/t12-/m0/s1. The van der Waals surface area contributed by atoms with Gasteiger partial charge in [0, 0.05) is 17.7 Å². The summed E-state index contributed by atoms with van der Waals surface area (Å²) in [5.41, 5.74) is 3.23. The first kappa shape index (κ1) is 19.4. The molecule has 8 heteroatoms. The van der Waals surface area contributed by atoms with E-state index in [-0.39, 0.29) is 17.4 Å². The molecule has 0 aliphatic carbocycles. The second kappa shape index (κ2) is 8.96. The average molecular weight is 376 g/mol. The Kier molecular flexibility index (Phi) is 6.68. The van der Waals surface area contributed by atoms with Crippen LogP contribution in [0.5, 0.6) is 5.75 Å². The van der Waals surface area contributed by atoms with Gasteiger partial charge in [0.2, 0.25) is 0 Å². The number of nitro groups is 1. The van der Waals surface area contributed by atoms with Crippen molar-refractivity contribution in [2.75, 3.05) is 0 Å². The lowest BCUT2D eigenvalue weighted by molar-refractivity contribution is -0.384. The third kappa shape index (κ3) is 5.29. The largest absolute Gasteiger partial charge is 0.489 e. The molecule has 0 spiro atoms. The Morgan fingerprint density at radius 1 is 1.35 bits per heavy atom. The number of ether oxygens (including phenoxy) is 1. The molecule has 0 aliphatic rings. The van der Waals surface area contributed by atoms with Crippen molar-refractivity contribution in [3.8, 4) is 5.75 Å². The van der Waals surface area contributed by atoms with Gasteiger partial charge in [0.15, 0.2) is 0 Å². The number of carbonyl (C=O) groups is 1. The van der Waals surface area contributed by atoms with Crippen LogP contribution in [-0.2, 0) is 0 Å². The molecule has 0 saturated heterocycles. The summed E-state index contributed by atoms with van der Waals surface area (Å²) >= 11 is 6.18. The Bertz CT molecular complexity index is 822. The van der Waals surface area contributed by atoms with Crippen molar-refractivity contribution in [1.29, 1.82) is 0 Å². The van der Waals surface area contributed by atoms with E-state index >= 15 is 0 Å². The monoisotopic (exact) mass is 375 g/mol. The maximum Gasteiger partial charge on any atom is 0.271 e. The highest BCUT2D eigenvalue weighted by atomic mass is 35.5. The summed E-state index contributed by atoms with van der Waals surface area (Å²) in [5, 5.41) is 14.9. The van der Waals surface area contributed by atoms with Gasteiger partial charge in [-0.2, -0.15) is 5.10 Å². The van der Waals surface area contributed by atoms with Gasteiger partial charge in [-0.05, 0) is 49.2 Å². The Morgan fingerprint density at radius 3 is 2.62 bits per heavy atom. The Morgan fingerprint density at radius 2 is 2.04 bits per heavy atom. The number of nitrogens with zero attached hydrogens (tertiary/aromatic N) is 2. The molecule has 0 radical (unpaired) electrons. The quantitative estimate of drug-likeness (QED) is 0.446. The highest BCUT2D eigenvalue weighted by Gasteiger charge is 2.09. The van der Waals surface area contributed by atoms with E-state index in [0.29, 0.717) is 16.3 Å². The summed E-state index contributed by atoms with van der Waals surface area (Å²) in [5.74, 6) is 0.118. The number of halogens is 1. The first-order chi connectivity index (χ1) is 12.4. The van der Waals surface area contributed by atoms with Crippen molar-refractivity contribution in [3.05, 3.63) is 68.7 Å². The number of non-ortho nitro benzene ring substituents is 1. The van der Waals surface area contributed by atoms with E-state index in [1.807, 2.05) is 13.8 Å². The minimum Gasteiger partial charge on any atom is -0.489 e. The fourth-order valence-corrected chi connectivity index (χ4v) is 2.19. The second-order valence-electron chi connectivity index (χ2n) is 5.53. The van der Waals surface area contributed by atoms with E-state index in [1.165, 1.54) is 30.5 Å². The predicted molar refractivity (Wildman–Crippen MR) is 100.0 cm³/mol. The van der Waals surface area contributed by atoms with E-state index in [0.717, 1.165) is 6.42 Å². The SMILES string of the molecule is CC[C@H](C)Oc1ccc(/C=N\NC(=O)c2ccc([N+](=O)[O-])cc2)cc1Cl. The smallest absolute Gasteiger partial charge is 0.271 e. The molecule has 0 fully saturated rings. The zero-order chi connectivity index (χ0) is 19.1. The van der Waals surface area contributed by atoms with Crippen LogP contribution in [0, 0.1) is 10.1 Å². The molecule has 7 nitrogen and oxygen atoms in total. The van der Waals surface area contributed by atoms with Crippen molar-refractivity contribution in [3.63, 3.8) is 0 Å². The van der Waals surface area contributed by atoms with E-state index in [4.69, 9.17) is 16.3 Å². The van der Waals surface area contributed by atoms with Crippen molar-refractivity contribution < 1.29 is 14.5 Å². The second-order valence-corrected chi connectivity index (χ2v) is 5.94. The molecule has 2 aromatic carbocycles. The highest BCUT2D eigenvalue weighted by Crippen LogP contribution is 2.26. The van der Waals surface area contributed by atoms with Gasteiger partial charge in [0.05, 0.1) is 22.3 Å². The summed E-state index contributed by atoms with van der Waals surface area (Å²) in [6.07, 6.45) is 2.38. The van der Waals surface area contributed by atoms with Crippen molar-refractivity contribution in [2.24, 2.45) is 5.10 Å². The number of carbonyl (C=O) groups excluding carboxylic acids is 1. The molecule has 2 aromatic rings. The Hall–Kier alpha value is -2.93. The minimum absolute atomic E-state index is 0.0630. The first-order valence-electron chi connectivity index (χ1n) is 7.94. The molecule has 0 aromatic heterocycles. The molecular weight excluding hydrogens is 358 g/mol. The van der Waals surface area contributed by atoms with Crippen molar-refractivity contribution in [2.45, 2.75) is 26.4 Å². The molecule has 0 saturated carbocycles. The maximum absolute atomic E-state index is 12.0. The summed E-state index contributed by atoms with van der Waals surface area (Å²) in [6, 6.07) is 10.4. The van der Waals surface area contributed by atoms with Crippen molar-refractivity contribution in [1.82, 2.24) is 5.43 Å². The number of hydrogen-bond acceptors (Lipinski definition) is 5. The number of amides is 1. The predicted octanol–water partition coefficient (Wildman–Crippen LogP) is 4.19. The first-order valence-corrected chi connectivity index (χ1v) is 8.32. The van der Waals surface area contributed by atoms with Gasteiger partial charge in [0.1, 0.15) is 5.75 Å². The van der Waals surface area contributed by atoms with Crippen LogP contribution in [0.15, 0.2) is 47.6 Å². The van der Waals surface area contributed by atoms with Gasteiger partial charge < -0.3 is 4.74 Å². The zero-order valence-corrected chi connectivity index (χ0v) is 15.1. The van der Waals surface area contributed by atoms with Gasteiger partial charge in [-0.15, -0.1) is 0 Å². The van der Waals surface area contributed by atoms with Crippen LogP contribution in [0.25, 0.3) is 0 Å². The molecule has 1 atom stereocenters. The topological polar surface area (TPSA) is 93.8 Å². The lowest BCUT2D eigenvalue weighted by Crippen LogP contribution is -2.17. The van der Waals surface area contributed by atoms with Gasteiger partial charge in [0.25, 0.3) is 11.6 Å². The average Bonchev–Trinajstić information content (AvgIpc) is 2.63. The molecule has 0 heterocycles. The number of hydrazone groups is 1. The normalized spacial score (nSPS) is 12.0. The Balaban J connectivity index is 1.98. The van der Waals surface area contributed by atoms with Crippen LogP contribution >= 0.6 is 11.6 Å². The van der Waals surface area contributed by atoms with E-state index in [1.54, 1.807) is 18.2 Å². The fourth-order valence-electron chi connectivity index (χ4n) is 1.96. The van der Waals surface area contributed by atoms with Crippen LogP contribution in [0.4, 0.5) is 5.69 Å². The third-order valence-corrected chi connectivity index (χ3v) is 3.87. The minimum atomic E-state index is -0.530. The van der Waals surface area contributed by atoms with Crippen LogP contribution in [0.2, 0.25) is 5.02 Å². The molecule has 0 unspecified atom stereocenters. The molecule has 2 rings (SSSR count). The van der Waals surface area contributed by atoms with Crippen LogP contribution in [0.3, 0.4) is 0 Å². The Labute approximate surface area is 155 Å². The number of hydrogen-bond donors (Lipinski definition) is 1. The number of nitrogens with one attached hydrogen (secondary N) is 1. The molecule has 0 bridgehead atoms. The number of benzene rings is 2. The third-order valence-electron chi connectivity index (χ3n) is 3.58. The van der Waals surface area contributed by atoms with E-state index in [2.05, 4.69) is 10.5 Å². The summed E-state index contributed by atoms with van der Waals surface area (Å²) in [7, 11) is 0. The molecule has 1 N–H and O–H groups in total. The molecule has 26 heavy (non-hydrogen) atoms. The van der Waals surface area contributed by atoms with Gasteiger partial charge in [-0.1, -0.05) is 18.5 Å². The molecule has 136 valence electrons. The highest BCUT2D eigenvalue weighted by molar-refractivity contribution is 6.32. The lowest BCUT2D eigenvalue weighted by atomic mass is 10.2. The van der Waals surface area contributed by atoms with E-state index < -0.39 is 10.8 Å². The number of nitro benzene ring substituents is 1. The van der Waals surface area contributed by atoms with Crippen LogP contribution < -0.4 is 10.2 Å². The van der Waals surface area contributed by atoms with Crippen LogP contribution in [0.1, 0.15) is 36.2 Å². The molecule has 0 aliphatic heterocycles. The van der Waals surface area contributed by atoms with Gasteiger partial charge in [-0.25, -0.2) is 5.43 Å². The van der Waals surface area contributed by atoms with Crippen LogP contribution in [-0.4, -0.2) is 23.1 Å².